The number of carbonyl (C=O) groups excluding carboxylic acids is 1. The lowest BCUT2D eigenvalue weighted by molar-refractivity contribution is -0.269. The first-order valence-corrected chi connectivity index (χ1v) is 24.2. The summed E-state index contributed by atoms with van der Waals surface area (Å²) < 4.78 is 35.3. The summed E-state index contributed by atoms with van der Waals surface area (Å²) in [7, 11) is 1.63. The third kappa shape index (κ3) is 17.5. The third-order valence-corrected chi connectivity index (χ3v) is 13.1. The van der Waals surface area contributed by atoms with Crippen molar-refractivity contribution < 1.29 is 53.6 Å². The zero-order valence-corrected chi connectivity index (χ0v) is 43.1. The average molecular weight is 936 g/mol. The quantitative estimate of drug-likeness (QED) is 0.131. The summed E-state index contributed by atoms with van der Waals surface area (Å²) in [6.07, 6.45) is -0.266. The topological polar surface area (TPSA) is 169 Å². The number of esters is 1. The van der Waals surface area contributed by atoms with Gasteiger partial charge in [-0.15, -0.1) is 0 Å². The molecule has 0 aliphatic carbocycles. The van der Waals surface area contributed by atoms with E-state index in [1.54, 1.807) is 57.0 Å². The van der Waals surface area contributed by atoms with Gasteiger partial charge in [-0.25, -0.2) is 0 Å². The fourth-order valence-electron chi connectivity index (χ4n) is 8.79. The highest BCUT2D eigenvalue weighted by molar-refractivity contribution is 7.80. The first-order valence-electron chi connectivity index (χ1n) is 23.4. The molecular formula is C48H87ClN2O11S. The number of cyclic esters (lactones) is 1. The van der Waals surface area contributed by atoms with Crippen molar-refractivity contribution in [1.82, 2.24) is 4.90 Å². The molecular weight excluding hydrogens is 848 g/mol. The van der Waals surface area contributed by atoms with E-state index in [-0.39, 0.29) is 18.1 Å². The van der Waals surface area contributed by atoms with Gasteiger partial charge in [0.25, 0.3) is 0 Å². The van der Waals surface area contributed by atoms with Crippen LogP contribution in [0.5, 0.6) is 0 Å². The Hall–Kier alpha value is -1.69. The van der Waals surface area contributed by atoms with Crippen molar-refractivity contribution in [3.63, 3.8) is 0 Å². The van der Waals surface area contributed by atoms with Crippen molar-refractivity contribution in [2.24, 2.45) is 23.7 Å². The number of halogens is 1. The number of nitrogens with zero attached hydrogens (tertiary/aromatic N) is 1. The fourth-order valence-corrected chi connectivity index (χ4v) is 9.28. The minimum atomic E-state index is -1.80. The Morgan fingerprint density at radius 1 is 0.952 bits per heavy atom. The van der Waals surface area contributed by atoms with Crippen molar-refractivity contribution in [3.8, 4) is 0 Å². The van der Waals surface area contributed by atoms with Gasteiger partial charge in [0, 0.05) is 56.3 Å². The van der Waals surface area contributed by atoms with Gasteiger partial charge in [-0.1, -0.05) is 66.5 Å². The van der Waals surface area contributed by atoms with Crippen molar-refractivity contribution in [1.29, 1.82) is 0 Å². The number of hydrogen-bond acceptors (Lipinski definition) is 12. The molecule has 3 aliphatic heterocycles. The summed E-state index contributed by atoms with van der Waals surface area (Å²) in [4.78, 5) is 15.3. The van der Waals surface area contributed by atoms with Gasteiger partial charge in [-0.05, 0) is 117 Å². The number of hydrogen-bond donors (Lipinski definition) is 5. The molecule has 13 nitrogen and oxygen atoms in total. The van der Waals surface area contributed by atoms with E-state index in [2.05, 4.69) is 12.2 Å². The molecule has 5 N–H and O–H groups in total. The van der Waals surface area contributed by atoms with Crippen LogP contribution in [-0.4, -0.2) is 136 Å². The van der Waals surface area contributed by atoms with E-state index in [9.17, 15) is 25.2 Å². The van der Waals surface area contributed by atoms with Gasteiger partial charge in [-0.2, -0.15) is 0 Å². The number of rotatable bonds is 7. The second-order valence-corrected chi connectivity index (χ2v) is 18.8. The lowest BCUT2D eigenvalue weighted by Crippen LogP contribution is -2.58. The molecule has 0 saturated carbocycles. The molecule has 0 aromatic heterocycles. The molecule has 368 valence electrons. The first kappa shape index (κ1) is 59.3. The number of ether oxygens (including phenoxy) is 6. The number of methoxy groups -OCH3 is 1. The van der Waals surface area contributed by atoms with E-state index in [0.29, 0.717) is 54.3 Å². The Kier molecular flexibility index (Phi) is 26.2. The summed E-state index contributed by atoms with van der Waals surface area (Å²) in [5.41, 5.74) is -2.92. The summed E-state index contributed by atoms with van der Waals surface area (Å²) in [5, 5.41) is 49.1. The van der Waals surface area contributed by atoms with Gasteiger partial charge in [0.1, 0.15) is 24.4 Å². The minimum absolute atomic E-state index is 0.00939. The predicted molar refractivity (Wildman–Crippen MR) is 256 cm³/mol. The lowest BCUT2D eigenvalue weighted by Gasteiger charge is -2.45. The largest absolute Gasteiger partial charge is 0.462 e. The number of benzene rings is 1. The van der Waals surface area contributed by atoms with Crippen LogP contribution in [-0.2, 0) is 33.2 Å². The van der Waals surface area contributed by atoms with Crippen LogP contribution >= 0.6 is 23.8 Å². The van der Waals surface area contributed by atoms with E-state index in [1.165, 1.54) is 6.92 Å². The van der Waals surface area contributed by atoms with Crippen LogP contribution in [0.1, 0.15) is 136 Å². The van der Waals surface area contributed by atoms with Crippen molar-refractivity contribution in [2.75, 3.05) is 38.8 Å². The highest BCUT2D eigenvalue weighted by Gasteiger charge is 2.48. The molecule has 1 aromatic rings. The number of aliphatic hydroxyl groups is 4. The zero-order valence-electron chi connectivity index (χ0n) is 41.5. The molecule has 15 heteroatoms. The molecule has 0 radical (unpaired) electrons. The molecule has 63 heavy (non-hydrogen) atoms. The van der Waals surface area contributed by atoms with Gasteiger partial charge in [0.2, 0.25) is 0 Å². The summed E-state index contributed by atoms with van der Waals surface area (Å²) in [6, 6.07) is 6.36. The Bertz CT molecular complexity index is 1460. The second kappa shape index (κ2) is 27.8. The maximum Gasteiger partial charge on any atom is 0.311 e. The van der Waals surface area contributed by atoms with Gasteiger partial charge >= 0.3 is 5.97 Å². The smallest absolute Gasteiger partial charge is 0.311 e. The average Bonchev–Trinajstić information content (AvgIpc) is 3.25. The number of nitrogens with one attached hydrogen (secondary N) is 1. The Balaban J connectivity index is 0.00000113. The standard InChI is InChI=1S/C36H59ClN2O8S.C8H16O3.2C2H6/c1-10-26-16-22(4)46-29(17-26)47-32-23(5)30(44-11-2)24(6)33(41)45-20-36(9,43)31(40)25(7)39(19-21(3)18-35(32,8)42)34(48)38-28-14-12-27(37)13-15-28;1-6-7(9)8(2,10-3)4-5-11-6;2*1-2/h12-15,21-26,29-32,40,42-43H,10-11,16-20H2,1-9H3,(H,38,48);6-7,9H,4-5H2,1-3H3;2*1-2H3/t21-,22?,23+,24?,25?,26?,29?,30+,31?,32-,35?,36-;6?,7-,8+;;/m10../s1. The molecule has 3 heterocycles. The molecule has 3 saturated heterocycles. The van der Waals surface area contributed by atoms with E-state index in [1.807, 2.05) is 69.2 Å². The molecule has 8 unspecified atom stereocenters. The highest BCUT2D eigenvalue weighted by Crippen LogP contribution is 2.38. The normalized spacial score (nSPS) is 38.0. The zero-order chi connectivity index (χ0) is 48.5. The molecule has 3 fully saturated rings. The Morgan fingerprint density at radius 3 is 2.10 bits per heavy atom. The highest BCUT2D eigenvalue weighted by atomic mass is 35.5. The Morgan fingerprint density at radius 2 is 1.56 bits per heavy atom. The van der Waals surface area contributed by atoms with E-state index in [0.717, 1.165) is 19.3 Å². The van der Waals surface area contributed by atoms with Crippen LogP contribution in [0.3, 0.4) is 0 Å². The lowest BCUT2D eigenvalue weighted by atomic mass is 9.77. The number of thiocarbonyl (C=S) groups is 1. The first-order chi connectivity index (χ1) is 29.5. The van der Waals surface area contributed by atoms with Gasteiger partial charge in [-0.3, -0.25) is 4.79 Å². The van der Waals surface area contributed by atoms with Gasteiger partial charge in [0.15, 0.2) is 11.4 Å². The van der Waals surface area contributed by atoms with Crippen LogP contribution in [0.15, 0.2) is 24.3 Å². The Labute approximate surface area is 391 Å². The van der Waals surface area contributed by atoms with Crippen LogP contribution in [0.4, 0.5) is 5.69 Å². The van der Waals surface area contributed by atoms with Crippen LogP contribution in [0.2, 0.25) is 5.02 Å². The minimum Gasteiger partial charge on any atom is -0.462 e. The maximum atomic E-state index is 13.5. The SMILES string of the molecule is CC.CC.CCO[C@@H]1C(C)C(=O)OC[C@@](C)(O)C(O)C(C)N(C(=S)Nc2ccc(Cl)cc2)C[C@H](C)CC(C)(O)[C@H](OC2CC(CC)CC(C)O2)[C@H]1C.CO[C@]1(C)CCOC(C)[C@@H]1O. The van der Waals surface area contributed by atoms with Gasteiger partial charge in [0.05, 0.1) is 47.6 Å². The molecule has 0 spiro atoms. The van der Waals surface area contributed by atoms with Crippen molar-refractivity contribution in [2.45, 2.75) is 202 Å². The molecule has 1 aromatic carbocycles. The van der Waals surface area contributed by atoms with Crippen LogP contribution < -0.4 is 5.32 Å². The summed E-state index contributed by atoms with van der Waals surface area (Å²) in [6.45, 7) is 29.3. The third-order valence-electron chi connectivity index (χ3n) is 12.5. The van der Waals surface area contributed by atoms with Crippen LogP contribution in [0.25, 0.3) is 0 Å². The summed E-state index contributed by atoms with van der Waals surface area (Å²) in [5.74, 6) is -1.57. The van der Waals surface area contributed by atoms with Crippen molar-refractivity contribution >= 4 is 40.6 Å². The van der Waals surface area contributed by atoms with E-state index in [4.69, 9.17) is 52.2 Å². The number of anilines is 1. The molecule has 0 amide bonds. The van der Waals surface area contributed by atoms with Gasteiger partial charge < -0.3 is 59.1 Å². The number of carbonyl (C=O) groups is 1. The molecule has 15 atom stereocenters. The fraction of sp³-hybridized carbons (Fsp3) is 0.833. The summed E-state index contributed by atoms with van der Waals surface area (Å²) >= 11 is 12.0. The molecule has 3 aliphatic rings. The predicted octanol–water partition coefficient (Wildman–Crippen LogP) is 8.40. The maximum absolute atomic E-state index is 13.5. The monoisotopic (exact) mass is 935 g/mol. The van der Waals surface area contributed by atoms with E-state index < -0.39 is 78.0 Å². The van der Waals surface area contributed by atoms with Crippen LogP contribution in [0, 0.1) is 23.7 Å². The second-order valence-electron chi connectivity index (χ2n) is 17.9. The number of aliphatic hydroxyl groups excluding tert-OH is 2. The van der Waals surface area contributed by atoms with E-state index >= 15 is 0 Å². The van der Waals surface area contributed by atoms with Crippen molar-refractivity contribution in [3.05, 3.63) is 29.3 Å². The molecule has 0 bridgehead atoms. The molecule has 4 rings (SSSR count).